The highest BCUT2D eigenvalue weighted by atomic mass is 16.3. The Morgan fingerprint density at radius 3 is 2.71 bits per heavy atom. The second-order valence-electron chi connectivity index (χ2n) is 4.08. The van der Waals surface area contributed by atoms with E-state index in [1.165, 1.54) is 11.1 Å². The smallest absolute Gasteiger partial charge is 0.254 e. The molecule has 0 radical (unpaired) electrons. The van der Waals surface area contributed by atoms with E-state index in [4.69, 9.17) is 5.73 Å². The zero-order chi connectivity index (χ0) is 12.4. The topological polar surface area (TPSA) is 99.7 Å². The van der Waals surface area contributed by atoms with Crippen LogP contribution in [0.1, 0.15) is 16.1 Å². The largest absolute Gasteiger partial charge is 0.388 e. The lowest BCUT2D eigenvalue weighted by atomic mass is 10.2. The van der Waals surface area contributed by atoms with Crippen LogP contribution in [0.3, 0.4) is 0 Å². The molecule has 2 rings (SSSR count). The molecule has 1 aliphatic heterocycles. The molecule has 2 atom stereocenters. The van der Waals surface area contributed by atoms with Crippen molar-refractivity contribution in [3.8, 4) is 0 Å². The minimum atomic E-state index is -0.866. The SMILES string of the molecule is NCc1cc(C(=O)N2C[C@@H](O)[C@@H](O)C2)ccn1. The molecule has 1 fully saturated rings. The average Bonchev–Trinajstić information content (AvgIpc) is 2.69. The summed E-state index contributed by atoms with van der Waals surface area (Å²) in [5.74, 6) is -0.224. The number of aromatic nitrogens is 1. The number of amides is 1. The van der Waals surface area contributed by atoms with Gasteiger partial charge in [-0.05, 0) is 12.1 Å². The van der Waals surface area contributed by atoms with Gasteiger partial charge in [0.1, 0.15) is 0 Å². The minimum absolute atomic E-state index is 0.153. The maximum absolute atomic E-state index is 12.0. The Bertz CT molecular complexity index is 414. The van der Waals surface area contributed by atoms with Crippen LogP contribution >= 0.6 is 0 Å². The van der Waals surface area contributed by atoms with Gasteiger partial charge in [0.05, 0.1) is 17.9 Å². The summed E-state index contributed by atoms with van der Waals surface area (Å²) >= 11 is 0. The van der Waals surface area contributed by atoms with Gasteiger partial charge in [-0.1, -0.05) is 0 Å². The van der Waals surface area contributed by atoms with Crippen molar-refractivity contribution in [1.29, 1.82) is 0 Å². The summed E-state index contributed by atoms with van der Waals surface area (Å²) in [7, 11) is 0. The summed E-state index contributed by atoms with van der Waals surface area (Å²) in [5, 5.41) is 18.8. The second kappa shape index (κ2) is 4.79. The number of aliphatic hydroxyl groups is 2. The molecule has 1 amide bonds. The number of carbonyl (C=O) groups excluding carboxylic acids is 1. The van der Waals surface area contributed by atoms with Crippen molar-refractivity contribution >= 4 is 5.91 Å². The van der Waals surface area contributed by atoms with Gasteiger partial charge < -0.3 is 20.8 Å². The number of carbonyl (C=O) groups is 1. The van der Waals surface area contributed by atoms with E-state index in [2.05, 4.69) is 4.98 Å². The molecule has 0 aromatic carbocycles. The molecule has 17 heavy (non-hydrogen) atoms. The number of nitrogens with two attached hydrogens (primary N) is 1. The number of pyridine rings is 1. The molecule has 92 valence electrons. The highest BCUT2D eigenvalue weighted by molar-refractivity contribution is 5.94. The zero-order valence-electron chi connectivity index (χ0n) is 9.28. The van der Waals surface area contributed by atoms with Gasteiger partial charge >= 0.3 is 0 Å². The molecule has 1 saturated heterocycles. The first kappa shape index (κ1) is 12.0. The summed E-state index contributed by atoms with van der Waals surface area (Å²) in [6.07, 6.45) is -0.206. The molecule has 0 unspecified atom stereocenters. The molecule has 6 nitrogen and oxygen atoms in total. The van der Waals surface area contributed by atoms with E-state index < -0.39 is 12.2 Å². The Balaban J connectivity index is 2.14. The molecule has 4 N–H and O–H groups in total. The van der Waals surface area contributed by atoms with Crippen LogP contribution in [0.4, 0.5) is 0 Å². The molecule has 0 aliphatic carbocycles. The van der Waals surface area contributed by atoms with Crippen molar-refractivity contribution in [1.82, 2.24) is 9.88 Å². The van der Waals surface area contributed by atoms with Gasteiger partial charge in [-0.2, -0.15) is 0 Å². The lowest BCUT2D eigenvalue weighted by Gasteiger charge is -2.15. The van der Waals surface area contributed by atoms with E-state index in [1.807, 2.05) is 0 Å². The van der Waals surface area contributed by atoms with E-state index >= 15 is 0 Å². The fraction of sp³-hybridized carbons (Fsp3) is 0.455. The number of hydrogen-bond acceptors (Lipinski definition) is 5. The summed E-state index contributed by atoms with van der Waals surface area (Å²) in [5.41, 5.74) is 6.56. The second-order valence-corrected chi connectivity index (χ2v) is 4.08. The Kier molecular flexibility index (Phi) is 3.37. The van der Waals surface area contributed by atoms with E-state index in [-0.39, 0.29) is 25.5 Å². The van der Waals surface area contributed by atoms with Crippen LogP contribution in [0.5, 0.6) is 0 Å². The minimum Gasteiger partial charge on any atom is -0.388 e. The van der Waals surface area contributed by atoms with Crippen molar-refractivity contribution < 1.29 is 15.0 Å². The number of nitrogens with zero attached hydrogens (tertiary/aromatic N) is 2. The van der Waals surface area contributed by atoms with Crippen molar-refractivity contribution in [3.05, 3.63) is 29.6 Å². The van der Waals surface area contributed by atoms with Gasteiger partial charge in [-0.25, -0.2) is 0 Å². The number of hydrogen-bond donors (Lipinski definition) is 3. The van der Waals surface area contributed by atoms with Gasteiger partial charge in [0, 0.05) is 31.4 Å². The van der Waals surface area contributed by atoms with Crippen LogP contribution in [-0.2, 0) is 6.54 Å². The van der Waals surface area contributed by atoms with E-state index in [0.29, 0.717) is 11.3 Å². The molecular formula is C11H15N3O3. The monoisotopic (exact) mass is 237 g/mol. The number of β-amino-alcohol motifs (C(OH)–C–C–N with tert-alkyl or cyclic N) is 2. The van der Waals surface area contributed by atoms with Crippen molar-refractivity contribution in [2.75, 3.05) is 13.1 Å². The Labute approximate surface area is 98.7 Å². The highest BCUT2D eigenvalue weighted by Gasteiger charge is 2.32. The molecule has 0 saturated carbocycles. The number of aliphatic hydroxyl groups excluding tert-OH is 2. The predicted molar refractivity (Wildman–Crippen MR) is 60.0 cm³/mol. The molecule has 0 spiro atoms. The predicted octanol–water partition coefficient (Wildman–Crippen LogP) is -1.28. The average molecular weight is 237 g/mol. The molecule has 1 aromatic rings. The van der Waals surface area contributed by atoms with Crippen LogP contribution < -0.4 is 5.73 Å². The fourth-order valence-electron chi connectivity index (χ4n) is 1.84. The first-order valence-corrected chi connectivity index (χ1v) is 5.42. The third-order valence-electron chi connectivity index (χ3n) is 2.82. The van der Waals surface area contributed by atoms with Crippen LogP contribution in [0, 0.1) is 0 Å². The zero-order valence-corrected chi connectivity index (χ0v) is 9.28. The summed E-state index contributed by atoms with van der Waals surface area (Å²) in [4.78, 5) is 17.5. The van der Waals surface area contributed by atoms with Crippen LogP contribution in [-0.4, -0.2) is 51.3 Å². The Morgan fingerprint density at radius 1 is 1.47 bits per heavy atom. The third kappa shape index (κ3) is 2.44. The quantitative estimate of drug-likeness (QED) is 0.595. The summed E-state index contributed by atoms with van der Waals surface area (Å²) in [6.45, 7) is 0.576. The Hall–Kier alpha value is -1.50. The van der Waals surface area contributed by atoms with Crippen molar-refractivity contribution in [3.63, 3.8) is 0 Å². The van der Waals surface area contributed by atoms with Gasteiger partial charge in [0.2, 0.25) is 0 Å². The van der Waals surface area contributed by atoms with Crippen LogP contribution in [0.2, 0.25) is 0 Å². The lowest BCUT2D eigenvalue weighted by Crippen LogP contribution is -2.30. The van der Waals surface area contributed by atoms with Gasteiger partial charge in [0.15, 0.2) is 0 Å². The summed E-state index contributed by atoms with van der Waals surface area (Å²) < 4.78 is 0. The fourth-order valence-corrected chi connectivity index (χ4v) is 1.84. The molecule has 2 heterocycles. The number of rotatable bonds is 2. The van der Waals surface area contributed by atoms with Gasteiger partial charge in [-0.15, -0.1) is 0 Å². The Morgan fingerprint density at radius 2 is 2.12 bits per heavy atom. The van der Waals surface area contributed by atoms with Crippen LogP contribution in [0.25, 0.3) is 0 Å². The van der Waals surface area contributed by atoms with Crippen molar-refractivity contribution in [2.45, 2.75) is 18.8 Å². The summed E-state index contributed by atoms with van der Waals surface area (Å²) in [6, 6.07) is 3.22. The maximum Gasteiger partial charge on any atom is 0.254 e. The van der Waals surface area contributed by atoms with Crippen LogP contribution in [0.15, 0.2) is 18.3 Å². The standard InChI is InChI=1S/C11H15N3O3/c12-4-8-3-7(1-2-13-8)11(17)14-5-9(15)10(16)6-14/h1-3,9-10,15-16H,4-6,12H2/t9-,10+. The molecular weight excluding hydrogens is 222 g/mol. The van der Waals surface area contributed by atoms with E-state index in [0.717, 1.165) is 0 Å². The highest BCUT2D eigenvalue weighted by Crippen LogP contribution is 2.14. The van der Waals surface area contributed by atoms with Gasteiger partial charge in [0.25, 0.3) is 5.91 Å². The number of likely N-dealkylation sites (tertiary alicyclic amines) is 1. The maximum atomic E-state index is 12.0. The molecule has 1 aliphatic rings. The normalized spacial score (nSPS) is 24.1. The van der Waals surface area contributed by atoms with E-state index in [9.17, 15) is 15.0 Å². The van der Waals surface area contributed by atoms with Crippen molar-refractivity contribution in [2.24, 2.45) is 5.73 Å². The van der Waals surface area contributed by atoms with Gasteiger partial charge in [-0.3, -0.25) is 9.78 Å². The third-order valence-corrected chi connectivity index (χ3v) is 2.82. The molecule has 6 heteroatoms. The van der Waals surface area contributed by atoms with E-state index in [1.54, 1.807) is 12.1 Å². The lowest BCUT2D eigenvalue weighted by molar-refractivity contribution is 0.0572. The first-order chi connectivity index (χ1) is 8.11. The molecule has 1 aromatic heterocycles. The first-order valence-electron chi connectivity index (χ1n) is 5.42. The molecule has 0 bridgehead atoms.